The van der Waals surface area contributed by atoms with Gasteiger partial charge < -0.3 is 13.7 Å². The Bertz CT molecular complexity index is 1000. The predicted molar refractivity (Wildman–Crippen MR) is 116 cm³/mol. The van der Waals surface area contributed by atoms with Gasteiger partial charge in [-0.1, -0.05) is 11.6 Å². The molecule has 7 nitrogen and oxygen atoms in total. The highest BCUT2D eigenvalue weighted by atomic mass is 35.5. The minimum atomic E-state index is -1.17. The standard InChI is InChI=1S/C20H26ClN5O2S/c1-7-26(29(27)20(3,4)5)13(2)15-10-14(17(28-6)11-23-15)16-12-25-9-8-22-19(25)18(21)24-16/h8-13H,7H2,1-6H3. The number of fused-ring (bicyclic) bond motifs is 1. The van der Waals surface area contributed by atoms with Crippen molar-refractivity contribution < 1.29 is 9.29 Å². The molecular weight excluding hydrogens is 410 g/mol. The van der Waals surface area contributed by atoms with Crippen molar-refractivity contribution in [3.8, 4) is 17.0 Å². The van der Waals surface area contributed by atoms with Crippen LogP contribution >= 0.6 is 11.6 Å². The van der Waals surface area contributed by atoms with Gasteiger partial charge in [-0.15, -0.1) is 4.31 Å². The molecule has 0 aliphatic carbocycles. The normalized spacial score (nSPS) is 14.4. The summed E-state index contributed by atoms with van der Waals surface area (Å²) in [6, 6.07) is 1.77. The van der Waals surface area contributed by atoms with Gasteiger partial charge in [-0.2, -0.15) is 0 Å². The maximum Gasteiger partial charge on any atom is 0.174 e. The maximum absolute atomic E-state index is 13.0. The van der Waals surface area contributed by atoms with E-state index in [-0.39, 0.29) is 10.8 Å². The van der Waals surface area contributed by atoms with E-state index in [9.17, 15) is 4.55 Å². The summed E-state index contributed by atoms with van der Waals surface area (Å²) in [6.07, 6.45) is 7.01. The highest BCUT2D eigenvalue weighted by molar-refractivity contribution is 7.90. The van der Waals surface area contributed by atoms with E-state index in [0.29, 0.717) is 28.8 Å². The first-order valence-corrected chi connectivity index (χ1v) is 10.9. The zero-order valence-electron chi connectivity index (χ0n) is 17.5. The molecule has 0 fully saturated rings. The molecule has 2 atom stereocenters. The van der Waals surface area contributed by atoms with Gasteiger partial charge in [0.25, 0.3) is 0 Å². The van der Waals surface area contributed by atoms with Gasteiger partial charge in [0, 0.05) is 42.1 Å². The van der Waals surface area contributed by atoms with Gasteiger partial charge in [-0.25, -0.2) is 9.97 Å². The lowest BCUT2D eigenvalue weighted by molar-refractivity contribution is 0.338. The van der Waals surface area contributed by atoms with Gasteiger partial charge >= 0.3 is 0 Å². The van der Waals surface area contributed by atoms with Gasteiger partial charge in [0.1, 0.15) is 10.5 Å². The monoisotopic (exact) mass is 435 g/mol. The lowest BCUT2D eigenvalue weighted by Gasteiger charge is -2.35. The molecule has 2 unspecified atom stereocenters. The lowest BCUT2D eigenvalue weighted by atomic mass is 10.1. The zero-order valence-corrected chi connectivity index (χ0v) is 19.1. The van der Waals surface area contributed by atoms with E-state index in [2.05, 4.69) is 15.0 Å². The van der Waals surface area contributed by atoms with E-state index in [1.54, 1.807) is 19.5 Å². The van der Waals surface area contributed by atoms with Crippen LogP contribution in [0.25, 0.3) is 16.9 Å². The molecule has 9 heteroatoms. The van der Waals surface area contributed by atoms with Crippen molar-refractivity contribution in [3.05, 3.63) is 41.7 Å². The molecule has 0 aromatic carbocycles. The Hall–Kier alpha value is -1.87. The topological polar surface area (TPSA) is 78.6 Å². The molecule has 0 saturated carbocycles. The third-order valence-electron chi connectivity index (χ3n) is 4.63. The second-order valence-electron chi connectivity index (χ2n) is 7.66. The van der Waals surface area contributed by atoms with E-state index in [4.69, 9.17) is 16.3 Å². The molecule has 0 spiro atoms. The number of halogens is 1. The van der Waals surface area contributed by atoms with E-state index in [1.165, 1.54) is 0 Å². The largest absolute Gasteiger partial charge is 0.597 e. The summed E-state index contributed by atoms with van der Waals surface area (Å²) in [6.45, 7) is 10.6. The molecule has 0 saturated heterocycles. The minimum absolute atomic E-state index is 0.155. The van der Waals surface area contributed by atoms with Crippen LogP contribution in [0.2, 0.25) is 5.15 Å². The van der Waals surface area contributed by atoms with Gasteiger partial charge in [-0.3, -0.25) is 4.98 Å². The Morgan fingerprint density at radius 2 is 2.07 bits per heavy atom. The highest BCUT2D eigenvalue weighted by Gasteiger charge is 2.36. The van der Waals surface area contributed by atoms with Crippen LogP contribution in [0.15, 0.2) is 30.9 Å². The number of nitrogens with zero attached hydrogens (tertiary/aromatic N) is 5. The van der Waals surface area contributed by atoms with Crippen molar-refractivity contribution >= 4 is 28.6 Å². The van der Waals surface area contributed by atoms with Gasteiger partial charge in [0.2, 0.25) is 0 Å². The van der Waals surface area contributed by atoms with E-state index >= 15 is 0 Å². The Kier molecular flexibility index (Phi) is 6.38. The van der Waals surface area contributed by atoms with E-state index in [1.807, 2.05) is 61.8 Å². The number of methoxy groups -OCH3 is 1. The summed E-state index contributed by atoms with van der Waals surface area (Å²) in [5.74, 6) is 0.587. The Morgan fingerprint density at radius 1 is 1.34 bits per heavy atom. The van der Waals surface area contributed by atoms with Crippen molar-refractivity contribution in [1.29, 1.82) is 0 Å². The summed E-state index contributed by atoms with van der Waals surface area (Å²) >= 11 is 5.15. The number of ether oxygens (including phenoxy) is 1. The SMILES string of the molecule is CCN(C(C)c1cc(-c2cn3ccnc3c(Cl)n2)c(OC)cn1)[S+]([O-])C(C)(C)C. The number of imidazole rings is 1. The van der Waals surface area contributed by atoms with Crippen LogP contribution in [0.3, 0.4) is 0 Å². The Labute approximate surface area is 179 Å². The fraction of sp³-hybridized carbons (Fsp3) is 0.450. The second kappa shape index (κ2) is 8.47. The van der Waals surface area contributed by atoms with Crippen LogP contribution in [0.4, 0.5) is 0 Å². The van der Waals surface area contributed by atoms with E-state index < -0.39 is 11.4 Å². The fourth-order valence-corrected chi connectivity index (χ4v) is 4.68. The fourth-order valence-electron chi connectivity index (χ4n) is 3.11. The smallest absolute Gasteiger partial charge is 0.174 e. The third kappa shape index (κ3) is 4.35. The minimum Gasteiger partial charge on any atom is -0.597 e. The molecule has 0 radical (unpaired) electrons. The molecule has 156 valence electrons. The van der Waals surface area contributed by atoms with Crippen molar-refractivity contribution in [2.24, 2.45) is 0 Å². The Balaban J connectivity index is 2.06. The van der Waals surface area contributed by atoms with Gasteiger partial charge in [0.15, 0.2) is 10.8 Å². The molecular formula is C20H26ClN5O2S. The molecule has 0 amide bonds. The Morgan fingerprint density at radius 3 is 2.69 bits per heavy atom. The number of pyridine rings is 1. The predicted octanol–water partition coefficient (Wildman–Crippen LogP) is 4.30. The molecule has 0 aliphatic heterocycles. The third-order valence-corrected chi connectivity index (χ3v) is 6.93. The molecule has 0 aliphatic rings. The number of rotatable bonds is 6. The van der Waals surface area contributed by atoms with Crippen molar-refractivity contribution in [2.45, 2.75) is 45.4 Å². The first kappa shape index (κ1) is 21.8. The molecule has 0 N–H and O–H groups in total. The summed E-state index contributed by atoms with van der Waals surface area (Å²) in [7, 11) is 1.59. The average molecular weight is 436 g/mol. The average Bonchev–Trinajstić information content (AvgIpc) is 3.16. The molecule has 3 rings (SSSR count). The van der Waals surface area contributed by atoms with Crippen LogP contribution in [0.1, 0.15) is 46.4 Å². The summed E-state index contributed by atoms with van der Waals surface area (Å²) in [5.41, 5.74) is 2.78. The second-order valence-corrected chi connectivity index (χ2v) is 10.2. The molecule has 29 heavy (non-hydrogen) atoms. The van der Waals surface area contributed by atoms with Crippen molar-refractivity contribution in [1.82, 2.24) is 23.7 Å². The maximum atomic E-state index is 13.0. The van der Waals surface area contributed by atoms with Crippen LogP contribution in [-0.4, -0.2) is 46.6 Å². The molecule has 3 aromatic rings. The quantitative estimate of drug-likeness (QED) is 0.537. The summed E-state index contributed by atoms with van der Waals surface area (Å²) in [4.78, 5) is 13.3. The number of hydrogen-bond donors (Lipinski definition) is 0. The zero-order chi connectivity index (χ0) is 21.3. The van der Waals surface area contributed by atoms with Crippen LogP contribution in [0, 0.1) is 0 Å². The lowest BCUT2D eigenvalue weighted by Crippen LogP contribution is -2.44. The number of aromatic nitrogens is 4. The van der Waals surface area contributed by atoms with Crippen molar-refractivity contribution in [2.75, 3.05) is 13.7 Å². The molecule has 0 bridgehead atoms. The summed E-state index contributed by atoms with van der Waals surface area (Å²) in [5, 5.41) is 0.310. The first-order valence-electron chi connectivity index (χ1n) is 9.39. The van der Waals surface area contributed by atoms with Crippen molar-refractivity contribution in [3.63, 3.8) is 0 Å². The van der Waals surface area contributed by atoms with Crippen LogP contribution < -0.4 is 4.74 Å². The van der Waals surface area contributed by atoms with Gasteiger partial charge in [0.05, 0.1) is 30.7 Å². The van der Waals surface area contributed by atoms with E-state index in [0.717, 1.165) is 11.3 Å². The van der Waals surface area contributed by atoms with Crippen LogP contribution in [-0.2, 0) is 11.4 Å². The molecule has 3 aromatic heterocycles. The first-order chi connectivity index (χ1) is 13.7. The summed E-state index contributed by atoms with van der Waals surface area (Å²) < 4.78 is 21.9. The van der Waals surface area contributed by atoms with Crippen LogP contribution in [0.5, 0.6) is 5.75 Å². The molecule has 3 heterocycles. The number of hydrogen-bond acceptors (Lipinski definition) is 6. The highest BCUT2D eigenvalue weighted by Crippen LogP contribution is 2.34. The van der Waals surface area contributed by atoms with Gasteiger partial charge in [-0.05, 0) is 40.7 Å².